The van der Waals surface area contributed by atoms with Crippen molar-refractivity contribution in [1.29, 1.82) is 0 Å². The van der Waals surface area contributed by atoms with Crippen LogP contribution >= 0.6 is 0 Å². The Morgan fingerprint density at radius 2 is 1.96 bits per heavy atom. The largest absolute Gasteiger partial charge is 0.392 e. The van der Waals surface area contributed by atoms with Gasteiger partial charge in [0.15, 0.2) is 0 Å². The predicted octanol–water partition coefficient (Wildman–Crippen LogP) is 2.20. The van der Waals surface area contributed by atoms with Crippen molar-refractivity contribution in [3.8, 4) is 11.1 Å². The number of aromatic nitrogens is 2. The molecule has 6 nitrogen and oxygen atoms in total. The van der Waals surface area contributed by atoms with E-state index in [2.05, 4.69) is 14.7 Å². The number of aliphatic hydroxyl groups is 1. The number of sulfonamides is 1. The summed E-state index contributed by atoms with van der Waals surface area (Å²) in [5.41, 5.74) is 3.73. The van der Waals surface area contributed by atoms with Gasteiger partial charge in [0.1, 0.15) is 5.65 Å². The van der Waals surface area contributed by atoms with E-state index in [1.165, 1.54) is 6.92 Å². The highest BCUT2D eigenvalue weighted by Gasteiger charge is 2.15. The Hall–Kier alpha value is -2.22. The second-order valence-corrected chi connectivity index (χ2v) is 7.57. The average molecular weight is 345 g/mol. The number of hydrogen-bond donors (Lipinski definition) is 3. The minimum atomic E-state index is -3.62. The molecule has 7 heteroatoms. The molecule has 1 aromatic carbocycles. The fourth-order valence-corrected chi connectivity index (χ4v) is 3.66. The smallest absolute Gasteiger partial charge is 0.240 e. The Balaban J connectivity index is 1.94. The average Bonchev–Trinajstić information content (AvgIpc) is 2.93. The molecule has 2 aromatic heterocycles. The van der Waals surface area contributed by atoms with E-state index in [1.807, 2.05) is 19.1 Å². The molecule has 3 rings (SSSR count). The Morgan fingerprint density at radius 3 is 2.62 bits per heavy atom. The van der Waals surface area contributed by atoms with Gasteiger partial charge in [-0.3, -0.25) is 0 Å². The van der Waals surface area contributed by atoms with Crippen molar-refractivity contribution < 1.29 is 13.5 Å². The van der Waals surface area contributed by atoms with Gasteiger partial charge >= 0.3 is 0 Å². The van der Waals surface area contributed by atoms with Gasteiger partial charge in [0.25, 0.3) is 0 Å². The van der Waals surface area contributed by atoms with E-state index in [4.69, 9.17) is 0 Å². The van der Waals surface area contributed by atoms with Gasteiger partial charge in [-0.25, -0.2) is 18.1 Å². The lowest BCUT2D eigenvalue weighted by Crippen LogP contribution is -2.30. The van der Waals surface area contributed by atoms with Gasteiger partial charge in [0.05, 0.1) is 11.0 Å². The molecule has 126 valence electrons. The topological polar surface area (TPSA) is 95.1 Å². The molecule has 0 aliphatic carbocycles. The maximum atomic E-state index is 12.2. The molecule has 24 heavy (non-hydrogen) atoms. The van der Waals surface area contributed by atoms with Gasteiger partial charge < -0.3 is 10.1 Å². The molecule has 0 saturated carbocycles. The lowest BCUT2D eigenvalue weighted by molar-refractivity contribution is 0.198. The summed E-state index contributed by atoms with van der Waals surface area (Å²) >= 11 is 0. The molecule has 0 spiro atoms. The minimum absolute atomic E-state index is 0.0162. The highest BCUT2D eigenvalue weighted by molar-refractivity contribution is 7.89. The van der Waals surface area contributed by atoms with Crippen LogP contribution in [0.2, 0.25) is 0 Å². The molecule has 3 N–H and O–H groups in total. The molecule has 3 aromatic rings. The third-order valence-electron chi connectivity index (χ3n) is 3.71. The maximum Gasteiger partial charge on any atom is 0.240 e. The third kappa shape index (κ3) is 3.33. The van der Waals surface area contributed by atoms with Crippen molar-refractivity contribution in [3.63, 3.8) is 0 Å². The first kappa shape index (κ1) is 16.6. The number of pyridine rings is 1. The van der Waals surface area contributed by atoms with E-state index in [-0.39, 0.29) is 11.4 Å². The fourth-order valence-electron chi connectivity index (χ4n) is 2.54. The zero-order valence-corrected chi connectivity index (χ0v) is 14.3. The van der Waals surface area contributed by atoms with E-state index < -0.39 is 16.1 Å². The highest BCUT2D eigenvalue weighted by atomic mass is 32.2. The van der Waals surface area contributed by atoms with Crippen LogP contribution in [-0.2, 0) is 10.0 Å². The summed E-state index contributed by atoms with van der Waals surface area (Å²) in [7, 11) is -3.62. The number of hydrogen-bond acceptors (Lipinski definition) is 4. The number of nitrogens with zero attached hydrogens (tertiary/aromatic N) is 1. The lowest BCUT2D eigenvalue weighted by Gasteiger charge is -2.09. The van der Waals surface area contributed by atoms with Crippen LogP contribution in [-0.4, -0.2) is 36.1 Å². The summed E-state index contributed by atoms with van der Waals surface area (Å²) in [5, 5.41) is 10.2. The number of rotatable bonds is 5. The minimum Gasteiger partial charge on any atom is -0.392 e. The van der Waals surface area contributed by atoms with Gasteiger partial charge in [0, 0.05) is 23.8 Å². The number of aromatic amines is 1. The van der Waals surface area contributed by atoms with Gasteiger partial charge in [-0.1, -0.05) is 12.1 Å². The van der Waals surface area contributed by atoms with Crippen molar-refractivity contribution in [2.45, 2.75) is 24.8 Å². The first-order chi connectivity index (χ1) is 11.4. The van der Waals surface area contributed by atoms with Gasteiger partial charge in [-0.05, 0) is 49.2 Å². The van der Waals surface area contributed by atoms with Crippen molar-refractivity contribution in [3.05, 3.63) is 48.3 Å². The summed E-state index contributed by atoms with van der Waals surface area (Å²) in [4.78, 5) is 7.66. The van der Waals surface area contributed by atoms with Gasteiger partial charge in [-0.2, -0.15) is 0 Å². The molecule has 2 heterocycles. The molecule has 0 amide bonds. The SMILES string of the molecule is Cc1cc2c(-c3ccc(S(=O)(=O)NC[C@H](C)O)cc3)ccnc2[nH]1. The molecule has 0 fully saturated rings. The summed E-state index contributed by atoms with van der Waals surface area (Å²) in [5.74, 6) is 0. The van der Waals surface area contributed by atoms with Crippen LogP contribution in [0, 0.1) is 6.92 Å². The highest BCUT2D eigenvalue weighted by Crippen LogP contribution is 2.28. The number of nitrogens with one attached hydrogen (secondary N) is 2. The van der Waals surface area contributed by atoms with Crippen molar-refractivity contribution in [1.82, 2.24) is 14.7 Å². The quantitative estimate of drug-likeness (QED) is 0.660. The van der Waals surface area contributed by atoms with E-state index >= 15 is 0 Å². The second-order valence-electron chi connectivity index (χ2n) is 5.80. The van der Waals surface area contributed by atoms with E-state index in [0.29, 0.717) is 0 Å². The molecule has 0 bridgehead atoms. The standard InChI is InChI=1S/C17H19N3O3S/c1-11-9-16-15(7-8-18-17(16)20-11)13-3-5-14(6-4-13)24(22,23)19-10-12(2)21/h3-9,12,19,21H,10H2,1-2H3,(H,18,20)/t12-/m0/s1. The first-order valence-corrected chi connectivity index (χ1v) is 9.07. The van der Waals surface area contributed by atoms with Crippen LogP contribution in [0.4, 0.5) is 0 Å². The van der Waals surface area contributed by atoms with Crippen LogP contribution in [0.3, 0.4) is 0 Å². The predicted molar refractivity (Wildman–Crippen MR) is 93.1 cm³/mol. The zero-order chi connectivity index (χ0) is 17.3. The number of aliphatic hydroxyl groups excluding tert-OH is 1. The van der Waals surface area contributed by atoms with Gasteiger partial charge in [0.2, 0.25) is 10.0 Å². The molecule has 0 saturated heterocycles. The van der Waals surface area contributed by atoms with Crippen molar-refractivity contribution >= 4 is 21.1 Å². The summed E-state index contributed by atoms with van der Waals surface area (Å²) < 4.78 is 26.7. The van der Waals surface area contributed by atoms with Crippen LogP contribution in [0.1, 0.15) is 12.6 Å². The molecule has 0 aliphatic rings. The molecular formula is C17H19N3O3S. The number of H-pyrrole nitrogens is 1. The normalized spacial score (nSPS) is 13.3. The molecule has 0 unspecified atom stereocenters. The summed E-state index contributed by atoms with van der Waals surface area (Å²) in [6, 6.07) is 10.6. The first-order valence-electron chi connectivity index (χ1n) is 7.59. The van der Waals surface area contributed by atoms with Crippen LogP contribution in [0.5, 0.6) is 0 Å². The van der Waals surface area contributed by atoms with E-state index in [1.54, 1.807) is 30.5 Å². The Kier molecular flexibility index (Phi) is 4.40. The van der Waals surface area contributed by atoms with Crippen LogP contribution in [0.25, 0.3) is 22.2 Å². The van der Waals surface area contributed by atoms with Crippen LogP contribution < -0.4 is 4.72 Å². The van der Waals surface area contributed by atoms with Crippen molar-refractivity contribution in [2.75, 3.05) is 6.54 Å². The Morgan fingerprint density at radius 1 is 1.25 bits per heavy atom. The fraction of sp³-hybridized carbons (Fsp3) is 0.235. The molecule has 1 atom stereocenters. The number of benzene rings is 1. The van der Waals surface area contributed by atoms with Gasteiger partial charge in [-0.15, -0.1) is 0 Å². The molecule has 0 radical (unpaired) electrons. The lowest BCUT2D eigenvalue weighted by atomic mass is 10.0. The monoisotopic (exact) mass is 345 g/mol. The van der Waals surface area contributed by atoms with Crippen molar-refractivity contribution in [2.24, 2.45) is 0 Å². The third-order valence-corrected chi connectivity index (χ3v) is 5.15. The van der Waals surface area contributed by atoms with E-state index in [9.17, 15) is 13.5 Å². The number of aryl methyl sites for hydroxylation is 1. The second kappa shape index (κ2) is 6.35. The van der Waals surface area contributed by atoms with E-state index in [0.717, 1.165) is 27.9 Å². The zero-order valence-electron chi connectivity index (χ0n) is 13.4. The summed E-state index contributed by atoms with van der Waals surface area (Å²) in [6.45, 7) is 3.48. The van der Waals surface area contributed by atoms with Crippen LogP contribution in [0.15, 0.2) is 47.5 Å². The number of fused-ring (bicyclic) bond motifs is 1. The summed E-state index contributed by atoms with van der Waals surface area (Å²) in [6.07, 6.45) is 0.989. The maximum absolute atomic E-state index is 12.2. The Labute approximate surface area is 140 Å². The molecular weight excluding hydrogens is 326 g/mol. The Bertz CT molecular complexity index is 960. The molecule has 0 aliphatic heterocycles.